The summed E-state index contributed by atoms with van der Waals surface area (Å²) >= 11 is 0. The summed E-state index contributed by atoms with van der Waals surface area (Å²) in [6.07, 6.45) is 0.573. The lowest BCUT2D eigenvalue weighted by Crippen LogP contribution is -2.48. The Kier molecular flexibility index (Phi) is 6.87. The number of hydrogen-bond acceptors (Lipinski definition) is 2. The molecule has 0 saturated heterocycles. The SMILES string of the molecule is CC(C)C(C)NC(=O)NC(CC(=O)O)CC(C)(C)C. The van der Waals surface area contributed by atoms with Gasteiger partial charge in [0.1, 0.15) is 0 Å². The molecule has 2 unspecified atom stereocenters. The van der Waals surface area contributed by atoms with Gasteiger partial charge in [-0.05, 0) is 24.7 Å². The molecule has 3 N–H and O–H groups in total. The highest BCUT2D eigenvalue weighted by Crippen LogP contribution is 2.22. The van der Waals surface area contributed by atoms with E-state index in [-0.39, 0.29) is 30.0 Å². The van der Waals surface area contributed by atoms with Crippen LogP contribution in [0, 0.1) is 11.3 Å². The van der Waals surface area contributed by atoms with Crippen LogP contribution in [0.5, 0.6) is 0 Å². The summed E-state index contributed by atoms with van der Waals surface area (Å²) in [5.74, 6) is -0.558. The van der Waals surface area contributed by atoms with Crippen molar-refractivity contribution < 1.29 is 14.7 Å². The molecule has 0 aliphatic carbocycles. The van der Waals surface area contributed by atoms with Gasteiger partial charge in [0.25, 0.3) is 0 Å². The Balaban J connectivity index is 4.46. The maximum absolute atomic E-state index is 11.8. The molecule has 0 spiro atoms. The van der Waals surface area contributed by atoms with Crippen LogP contribution in [0.25, 0.3) is 0 Å². The Bertz CT molecular complexity index is 308. The molecule has 19 heavy (non-hydrogen) atoms. The molecule has 0 aromatic heterocycles. The Hall–Kier alpha value is -1.26. The second kappa shape index (κ2) is 7.36. The van der Waals surface area contributed by atoms with E-state index < -0.39 is 5.97 Å². The largest absolute Gasteiger partial charge is 0.481 e. The van der Waals surface area contributed by atoms with Crippen molar-refractivity contribution in [2.45, 2.75) is 66.5 Å². The minimum absolute atomic E-state index is 0.0307. The van der Waals surface area contributed by atoms with Gasteiger partial charge in [0.05, 0.1) is 6.42 Å². The minimum Gasteiger partial charge on any atom is -0.481 e. The van der Waals surface area contributed by atoms with E-state index in [0.29, 0.717) is 12.3 Å². The van der Waals surface area contributed by atoms with Gasteiger partial charge < -0.3 is 15.7 Å². The molecule has 0 radical (unpaired) electrons. The van der Waals surface area contributed by atoms with Crippen molar-refractivity contribution in [1.82, 2.24) is 10.6 Å². The monoisotopic (exact) mass is 272 g/mol. The average Bonchev–Trinajstić information content (AvgIpc) is 2.12. The van der Waals surface area contributed by atoms with Crippen LogP contribution in [0.4, 0.5) is 4.79 Å². The second-order valence-electron chi connectivity index (χ2n) is 6.71. The number of nitrogens with one attached hydrogen (secondary N) is 2. The lowest BCUT2D eigenvalue weighted by Gasteiger charge is -2.27. The number of urea groups is 1. The molecule has 2 atom stereocenters. The van der Waals surface area contributed by atoms with Crippen molar-refractivity contribution in [3.8, 4) is 0 Å². The maximum Gasteiger partial charge on any atom is 0.315 e. The molecular formula is C14H28N2O3. The minimum atomic E-state index is -0.897. The van der Waals surface area contributed by atoms with Gasteiger partial charge in [-0.3, -0.25) is 4.79 Å². The Morgan fingerprint density at radius 3 is 2.00 bits per heavy atom. The summed E-state index contributed by atoms with van der Waals surface area (Å²) in [4.78, 5) is 22.7. The molecule has 0 aromatic carbocycles. The molecule has 0 aromatic rings. The van der Waals surface area contributed by atoms with E-state index in [1.165, 1.54) is 0 Å². The molecule has 5 nitrogen and oxygen atoms in total. The fraction of sp³-hybridized carbons (Fsp3) is 0.857. The van der Waals surface area contributed by atoms with Crippen molar-refractivity contribution >= 4 is 12.0 Å². The van der Waals surface area contributed by atoms with Crippen molar-refractivity contribution in [1.29, 1.82) is 0 Å². The molecule has 0 heterocycles. The Morgan fingerprint density at radius 2 is 1.63 bits per heavy atom. The van der Waals surface area contributed by atoms with E-state index >= 15 is 0 Å². The summed E-state index contributed by atoms with van der Waals surface area (Å²) in [5.41, 5.74) is -0.0307. The van der Waals surface area contributed by atoms with Crippen LogP contribution in [0.15, 0.2) is 0 Å². The van der Waals surface area contributed by atoms with Gasteiger partial charge >= 0.3 is 12.0 Å². The van der Waals surface area contributed by atoms with Crippen molar-refractivity contribution in [3.05, 3.63) is 0 Å². The van der Waals surface area contributed by atoms with Crippen molar-refractivity contribution in [2.24, 2.45) is 11.3 Å². The van der Waals surface area contributed by atoms with Gasteiger partial charge in [-0.15, -0.1) is 0 Å². The Morgan fingerprint density at radius 1 is 1.11 bits per heavy atom. The third-order valence-electron chi connectivity index (χ3n) is 2.97. The number of rotatable bonds is 6. The van der Waals surface area contributed by atoms with Crippen LogP contribution >= 0.6 is 0 Å². The Labute approximate surface area is 116 Å². The summed E-state index contributed by atoms with van der Waals surface area (Å²) in [6, 6.07) is -0.589. The lowest BCUT2D eigenvalue weighted by atomic mass is 9.87. The van der Waals surface area contributed by atoms with Gasteiger partial charge in [0.2, 0.25) is 0 Å². The molecule has 2 amide bonds. The molecule has 0 aliphatic rings. The highest BCUT2D eigenvalue weighted by molar-refractivity contribution is 5.76. The van der Waals surface area contributed by atoms with Gasteiger partial charge in [-0.1, -0.05) is 34.6 Å². The lowest BCUT2D eigenvalue weighted by molar-refractivity contribution is -0.137. The highest BCUT2D eigenvalue weighted by atomic mass is 16.4. The van der Waals surface area contributed by atoms with Crippen LogP contribution < -0.4 is 10.6 Å². The number of carboxylic acids is 1. The zero-order chi connectivity index (χ0) is 15.2. The summed E-state index contributed by atoms with van der Waals surface area (Å²) in [5, 5.41) is 14.5. The standard InChI is InChI=1S/C14H28N2O3/c1-9(2)10(3)15-13(19)16-11(7-12(17)18)8-14(4,5)6/h9-11H,7-8H2,1-6H3,(H,17,18)(H2,15,16,19). The highest BCUT2D eigenvalue weighted by Gasteiger charge is 2.23. The van der Waals surface area contributed by atoms with Gasteiger partial charge in [0.15, 0.2) is 0 Å². The zero-order valence-electron chi connectivity index (χ0n) is 12.9. The summed E-state index contributed by atoms with van der Waals surface area (Å²) in [6.45, 7) is 12.1. The molecule has 112 valence electrons. The molecule has 5 heteroatoms. The molecule has 0 fully saturated rings. The third kappa shape index (κ3) is 9.33. The normalized spacial score (nSPS) is 14.9. The second-order valence-corrected chi connectivity index (χ2v) is 6.71. The first-order valence-corrected chi connectivity index (χ1v) is 6.80. The van der Waals surface area contributed by atoms with E-state index in [2.05, 4.69) is 10.6 Å². The fourth-order valence-corrected chi connectivity index (χ4v) is 1.72. The van der Waals surface area contributed by atoms with Crippen LogP contribution in [0.1, 0.15) is 54.4 Å². The van der Waals surface area contributed by atoms with E-state index in [1.807, 2.05) is 41.5 Å². The van der Waals surface area contributed by atoms with E-state index in [4.69, 9.17) is 5.11 Å². The number of aliphatic carboxylic acids is 1. The first-order chi connectivity index (χ1) is 8.51. The topological polar surface area (TPSA) is 78.4 Å². The van der Waals surface area contributed by atoms with Gasteiger partial charge in [0, 0.05) is 12.1 Å². The van der Waals surface area contributed by atoms with Gasteiger partial charge in [-0.2, -0.15) is 0 Å². The molecular weight excluding hydrogens is 244 g/mol. The molecule has 0 aliphatic heterocycles. The maximum atomic E-state index is 11.8. The fourth-order valence-electron chi connectivity index (χ4n) is 1.72. The molecule has 0 saturated carbocycles. The summed E-state index contributed by atoms with van der Waals surface area (Å²) in [7, 11) is 0. The number of hydrogen-bond donors (Lipinski definition) is 3. The number of carboxylic acid groups (broad SMARTS) is 1. The predicted octanol–water partition coefficient (Wildman–Crippen LogP) is 2.61. The van der Waals surface area contributed by atoms with Crippen molar-refractivity contribution in [3.63, 3.8) is 0 Å². The number of carbonyl (C=O) groups is 2. The van der Waals surface area contributed by atoms with Crippen LogP contribution in [-0.4, -0.2) is 29.2 Å². The number of carbonyl (C=O) groups excluding carboxylic acids is 1. The number of amides is 2. The summed E-state index contributed by atoms with van der Waals surface area (Å²) < 4.78 is 0. The average molecular weight is 272 g/mol. The smallest absolute Gasteiger partial charge is 0.315 e. The van der Waals surface area contributed by atoms with Gasteiger partial charge in [-0.25, -0.2) is 4.79 Å². The van der Waals surface area contributed by atoms with Crippen LogP contribution in [0.3, 0.4) is 0 Å². The van der Waals surface area contributed by atoms with Crippen molar-refractivity contribution in [2.75, 3.05) is 0 Å². The predicted molar refractivity (Wildman–Crippen MR) is 76.1 cm³/mol. The first kappa shape index (κ1) is 17.7. The quantitative estimate of drug-likeness (QED) is 0.695. The van der Waals surface area contributed by atoms with Crippen LogP contribution in [0.2, 0.25) is 0 Å². The molecule has 0 bridgehead atoms. The third-order valence-corrected chi connectivity index (χ3v) is 2.97. The molecule has 0 rings (SSSR count). The van der Waals surface area contributed by atoms with E-state index in [0.717, 1.165) is 0 Å². The first-order valence-electron chi connectivity index (χ1n) is 6.80. The van der Waals surface area contributed by atoms with E-state index in [1.54, 1.807) is 0 Å². The van der Waals surface area contributed by atoms with Crippen LogP contribution in [-0.2, 0) is 4.79 Å². The zero-order valence-corrected chi connectivity index (χ0v) is 12.9. The van der Waals surface area contributed by atoms with E-state index in [9.17, 15) is 9.59 Å².